The number of anilines is 1. The molecule has 144 valence electrons. The summed E-state index contributed by atoms with van der Waals surface area (Å²) in [4.78, 5) is 20.6. The molecule has 1 aromatic carbocycles. The molecule has 2 aliphatic rings. The van der Waals surface area contributed by atoms with Gasteiger partial charge in [0, 0.05) is 26.3 Å². The second-order valence-electron chi connectivity index (χ2n) is 7.06. The summed E-state index contributed by atoms with van der Waals surface area (Å²) >= 11 is 0. The fraction of sp³-hybridized carbons (Fsp3) is 0.381. The van der Waals surface area contributed by atoms with Crippen molar-refractivity contribution in [3.8, 4) is 11.9 Å². The van der Waals surface area contributed by atoms with Gasteiger partial charge in [-0.2, -0.15) is 5.26 Å². The first-order chi connectivity index (χ1) is 13.6. The van der Waals surface area contributed by atoms with Crippen LogP contribution in [0.2, 0.25) is 0 Å². The van der Waals surface area contributed by atoms with Crippen LogP contribution in [-0.2, 0) is 15.1 Å². The van der Waals surface area contributed by atoms with E-state index in [0.29, 0.717) is 31.0 Å². The molecule has 0 bridgehead atoms. The van der Waals surface area contributed by atoms with E-state index in [1.165, 1.54) is 7.11 Å². The Hall–Kier alpha value is -3.11. The molecule has 1 amide bonds. The van der Waals surface area contributed by atoms with Crippen LogP contribution in [0.1, 0.15) is 17.5 Å². The number of carbonyl (C=O) groups excluding carboxylic acids is 1. The van der Waals surface area contributed by atoms with Crippen molar-refractivity contribution in [2.75, 3.05) is 38.8 Å². The van der Waals surface area contributed by atoms with Gasteiger partial charge in [0.25, 0.3) is 0 Å². The number of carbonyl (C=O) groups is 1. The third-order valence-electron chi connectivity index (χ3n) is 5.88. The van der Waals surface area contributed by atoms with Crippen molar-refractivity contribution in [2.24, 2.45) is 0 Å². The Labute approximate surface area is 164 Å². The molecule has 2 atom stereocenters. The first-order valence-corrected chi connectivity index (χ1v) is 9.23. The Morgan fingerprint density at radius 1 is 1.32 bits per heavy atom. The summed E-state index contributed by atoms with van der Waals surface area (Å²) in [6.07, 6.45) is 2.13. The van der Waals surface area contributed by atoms with Gasteiger partial charge in [0.05, 0.1) is 18.3 Å². The van der Waals surface area contributed by atoms with E-state index in [2.05, 4.69) is 28.1 Å². The zero-order valence-electron chi connectivity index (χ0n) is 16.0. The second kappa shape index (κ2) is 7.13. The molecular weight excluding hydrogens is 356 g/mol. The third-order valence-corrected chi connectivity index (χ3v) is 5.88. The number of fused-ring (bicyclic) bond motifs is 1. The number of morpholine rings is 1. The van der Waals surface area contributed by atoms with Gasteiger partial charge in [-0.3, -0.25) is 4.79 Å². The second-order valence-corrected chi connectivity index (χ2v) is 7.06. The van der Waals surface area contributed by atoms with E-state index in [0.717, 1.165) is 11.3 Å². The number of amides is 1. The summed E-state index contributed by atoms with van der Waals surface area (Å²) in [6, 6.07) is 14.1. The Morgan fingerprint density at radius 2 is 2.11 bits per heavy atom. The number of pyridine rings is 1. The van der Waals surface area contributed by atoms with Crippen LogP contribution in [0.4, 0.5) is 5.69 Å². The average molecular weight is 378 g/mol. The molecule has 2 saturated heterocycles. The molecule has 2 fully saturated rings. The molecule has 4 rings (SSSR count). The van der Waals surface area contributed by atoms with Crippen LogP contribution in [0.5, 0.6) is 5.88 Å². The molecule has 0 N–H and O–H groups in total. The molecule has 3 heterocycles. The van der Waals surface area contributed by atoms with Gasteiger partial charge in [0.2, 0.25) is 11.8 Å². The van der Waals surface area contributed by atoms with Crippen LogP contribution < -0.4 is 9.64 Å². The highest BCUT2D eigenvalue weighted by molar-refractivity contribution is 5.79. The van der Waals surface area contributed by atoms with Gasteiger partial charge < -0.3 is 19.3 Å². The molecule has 0 aliphatic carbocycles. The summed E-state index contributed by atoms with van der Waals surface area (Å²) in [5.41, 5.74) is 1.75. The van der Waals surface area contributed by atoms with Crippen molar-refractivity contribution in [1.29, 1.82) is 5.26 Å². The van der Waals surface area contributed by atoms with E-state index in [9.17, 15) is 10.1 Å². The minimum absolute atomic E-state index is 0.0168. The van der Waals surface area contributed by atoms with Crippen molar-refractivity contribution in [1.82, 2.24) is 9.88 Å². The number of nitriles is 1. The maximum absolute atomic E-state index is 12.5. The summed E-state index contributed by atoms with van der Waals surface area (Å²) in [6.45, 7) is 1.30. The fourth-order valence-electron chi connectivity index (χ4n) is 4.40. The molecule has 2 aliphatic heterocycles. The van der Waals surface area contributed by atoms with Crippen molar-refractivity contribution in [2.45, 2.75) is 18.1 Å². The molecule has 0 saturated carbocycles. The van der Waals surface area contributed by atoms with Crippen LogP contribution in [-0.4, -0.2) is 55.7 Å². The van der Waals surface area contributed by atoms with Crippen LogP contribution in [0, 0.1) is 11.3 Å². The number of rotatable bonds is 3. The highest BCUT2D eigenvalue weighted by Crippen LogP contribution is 2.43. The number of aromatic nitrogens is 1. The summed E-state index contributed by atoms with van der Waals surface area (Å²) in [5, 5.41) is 9.62. The smallest absolute Gasteiger partial charge is 0.249 e. The minimum Gasteiger partial charge on any atom is -0.480 e. The van der Waals surface area contributed by atoms with Gasteiger partial charge in [-0.15, -0.1) is 0 Å². The number of hydrogen-bond acceptors (Lipinski definition) is 6. The first kappa shape index (κ1) is 18.3. The number of hydrogen-bond donors (Lipinski definition) is 0. The topological polar surface area (TPSA) is 78.7 Å². The van der Waals surface area contributed by atoms with Gasteiger partial charge in [0.15, 0.2) is 0 Å². The molecule has 2 aromatic rings. The number of ether oxygens (including phenoxy) is 2. The van der Waals surface area contributed by atoms with E-state index in [1.54, 1.807) is 6.20 Å². The third kappa shape index (κ3) is 2.69. The first-order valence-electron chi connectivity index (χ1n) is 9.23. The Morgan fingerprint density at radius 3 is 2.82 bits per heavy atom. The van der Waals surface area contributed by atoms with Crippen molar-refractivity contribution < 1.29 is 14.3 Å². The number of benzene rings is 1. The highest BCUT2D eigenvalue weighted by atomic mass is 16.5. The summed E-state index contributed by atoms with van der Waals surface area (Å²) < 4.78 is 11.3. The van der Waals surface area contributed by atoms with E-state index in [1.807, 2.05) is 36.2 Å². The lowest BCUT2D eigenvalue weighted by molar-refractivity contribution is -0.173. The van der Waals surface area contributed by atoms with E-state index < -0.39 is 5.54 Å². The zero-order valence-corrected chi connectivity index (χ0v) is 16.0. The highest BCUT2D eigenvalue weighted by Gasteiger charge is 2.52. The Bertz CT molecular complexity index is 927. The van der Waals surface area contributed by atoms with E-state index in [4.69, 9.17) is 9.47 Å². The van der Waals surface area contributed by atoms with E-state index >= 15 is 0 Å². The van der Waals surface area contributed by atoms with Gasteiger partial charge in [-0.05, 0) is 18.1 Å². The predicted molar refractivity (Wildman–Crippen MR) is 103 cm³/mol. The lowest BCUT2D eigenvalue weighted by Crippen LogP contribution is -2.67. The standard InChI is InChI=1S/C21H22N4O3/c1-24-19(26)14-28-18-13-25(17-8-10-23-20(27-2)16(17)12-22)11-9-21(18,24)15-6-4-3-5-7-15/h3-8,10,18H,9,11,13-14H2,1-2H3/t18-,21+/m1/s1. The maximum atomic E-state index is 12.5. The molecule has 0 unspecified atom stereocenters. The van der Waals surface area contributed by atoms with Crippen molar-refractivity contribution in [3.05, 3.63) is 53.7 Å². The molecule has 28 heavy (non-hydrogen) atoms. The quantitative estimate of drug-likeness (QED) is 0.812. The van der Waals surface area contributed by atoms with Crippen LogP contribution >= 0.6 is 0 Å². The average Bonchev–Trinajstić information content (AvgIpc) is 2.76. The lowest BCUT2D eigenvalue weighted by Gasteiger charge is -2.55. The molecular formula is C21H22N4O3. The van der Waals surface area contributed by atoms with Crippen LogP contribution in [0.3, 0.4) is 0 Å². The monoisotopic (exact) mass is 378 g/mol. The zero-order chi connectivity index (χ0) is 19.7. The normalized spacial score (nSPS) is 24.5. The Balaban J connectivity index is 1.73. The predicted octanol–water partition coefficient (Wildman–Crippen LogP) is 1.92. The van der Waals surface area contributed by atoms with E-state index in [-0.39, 0.29) is 18.6 Å². The summed E-state index contributed by atoms with van der Waals surface area (Å²) in [7, 11) is 3.37. The van der Waals surface area contributed by atoms with Crippen LogP contribution in [0.25, 0.3) is 0 Å². The molecule has 7 heteroatoms. The van der Waals surface area contributed by atoms with Crippen molar-refractivity contribution >= 4 is 11.6 Å². The Kier molecular flexibility index (Phi) is 4.65. The minimum atomic E-state index is -0.517. The fourth-order valence-corrected chi connectivity index (χ4v) is 4.40. The maximum Gasteiger partial charge on any atom is 0.249 e. The van der Waals surface area contributed by atoms with Gasteiger partial charge in [0.1, 0.15) is 24.3 Å². The largest absolute Gasteiger partial charge is 0.480 e. The number of methoxy groups -OCH3 is 1. The van der Waals surface area contributed by atoms with Gasteiger partial charge in [-0.25, -0.2) is 4.98 Å². The van der Waals surface area contributed by atoms with Crippen LogP contribution in [0.15, 0.2) is 42.6 Å². The molecule has 0 radical (unpaired) electrons. The molecule has 7 nitrogen and oxygen atoms in total. The SMILES string of the molecule is COc1nccc(N2CC[C@]3(c4ccccc4)[C@@H](C2)OCC(=O)N3C)c1C#N. The number of likely N-dealkylation sites (N-methyl/N-ethyl adjacent to an activating group) is 1. The molecule has 1 aromatic heterocycles. The molecule has 0 spiro atoms. The number of nitrogens with zero attached hydrogens (tertiary/aromatic N) is 4. The lowest BCUT2D eigenvalue weighted by atomic mass is 9.76. The summed E-state index contributed by atoms with van der Waals surface area (Å²) in [5.74, 6) is 0.300. The van der Waals surface area contributed by atoms with Gasteiger partial charge in [-0.1, -0.05) is 30.3 Å². The number of piperidine rings is 1. The van der Waals surface area contributed by atoms with Gasteiger partial charge >= 0.3 is 0 Å². The van der Waals surface area contributed by atoms with Crippen molar-refractivity contribution in [3.63, 3.8) is 0 Å².